The molecule has 0 fully saturated rings. The lowest BCUT2D eigenvalue weighted by atomic mass is 9.96. The van der Waals surface area contributed by atoms with E-state index in [2.05, 4.69) is 42.2 Å². The molecule has 0 bridgehead atoms. The van der Waals surface area contributed by atoms with Crippen LogP contribution in [0.3, 0.4) is 0 Å². The zero-order chi connectivity index (χ0) is 11.0. The van der Waals surface area contributed by atoms with Crippen LogP contribution in [-0.4, -0.2) is 10.2 Å². The Morgan fingerprint density at radius 3 is 2.13 bits per heavy atom. The molecule has 1 aromatic heterocycles. The molecule has 0 atom stereocenters. The maximum absolute atomic E-state index is 5.87. The molecule has 0 saturated carbocycles. The molecular weight excluding hydrogens is 186 g/mol. The van der Waals surface area contributed by atoms with Crippen molar-refractivity contribution in [2.75, 3.05) is 5.73 Å². The summed E-state index contributed by atoms with van der Waals surface area (Å²) in [6, 6.07) is 6.24. The number of aromatic nitrogens is 2. The fraction of sp³-hybridized carbons (Fsp3) is 0.250. The summed E-state index contributed by atoms with van der Waals surface area (Å²) in [5, 5.41) is 6.94. The SMILES string of the molecule is Cc1cccc(C)c1-c1c(N)n[nH]c1C. The highest BCUT2D eigenvalue weighted by Gasteiger charge is 2.13. The quantitative estimate of drug-likeness (QED) is 0.745. The second-order valence-electron chi connectivity index (χ2n) is 3.88. The largest absolute Gasteiger partial charge is 0.382 e. The van der Waals surface area contributed by atoms with Gasteiger partial charge in [0.15, 0.2) is 5.82 Å². The molecule has 1 heterocycles. The molecule has 15 heavy (non-hydrogen) atoms. The number of benzene rings is 1. The Bertz CT molecular complexity index is 458. The maximum atomic E-state index is 5.87. The number of hydrogen-bond donors (Lipinski definition) is 2. The van der Waals surface area contributed by atoms with Crippen molar-refractivity contribution in [1.82, 2.24) is 10.2 Å². The Labute approximate surface area is 89.3 Å². The lowest BCUT2D eigenvalue weighted by molar-refractivity contribution is 1.05. The fourth-order valence-electron chi connectivity index (χ4n) is 1.97. The van der Waals surface area contributed by atoms with Crippen molar-refractivity contribution in [3.63, 3.8) is 0 Å². The zero-order valence-electron chi connectivity index (χ0n) is 9.26. The van der Waals surface area contributed by atoms with Crippen molar-refractivity contribution in [2.24, 2.45) is 0 Å². The van der Waals surface area contributed by atoms with Gasteiger partial charge in [-0.15, -0.1) is 0 Å². The number of H-pyrrole nitrogens is 1. The van der Waals surface area contributed by atoms with Crippen LogP contribution in [-0.2, 0) is 0 Å². The van der Waals surface area contributed by atoms with Gasteiger partial charge in [-0.3, -0.25) is 5.10 Å². The van der Waals surface area contributed by atoms with E-state index in [1.165, 1.54) is 16.7 Å². The zero-order valence-corrected chi connectivity index (χ0v) is 9.26. The maximum Gasteiger partial charge on any atom is 0.153 e. The monoisotopic (exact) mass is 201 g/mol. The summed E-state index contributed by atoms with van der Waals surface area (Å²) in [5.41, 5.74) is 11.6. The number of nitrogens with two attached hydrogens (primary N) is 1. The normalized spacial score (nSPS) is 10.6. The molecule has 3 nitrogen and oxygen atoms in total. The van der Waals surface area contributed by atoms with Gasteiger partial charge in [0, 0.05) is 11.3 Å². The minimum Gasteiger partial charge on any atom is -0.382 e. The molecule has 0 saturated heterocycles. The molecule has 3 N–H and O–H groups in total. The first-order valence-corrected chi connectivity index (χ1v) is 4.98. The predicted octanol–water partition coefficient (Wildman–Crippen LogP) is 2.58. The number of nitrogens with zero attached hydrogens (tertiary/aromatic N) is 1. The molecule has 2 rings (SSSR count). The molecule has 3 heteroatoms. The molecule has 2 aromatic rings. The van der Waals surface area contributed by atoms with E-state index in [1.807, 2.05) is 6.92 Å². The molecular formula is C12H15N3. The van der Waals surface area contributed by atoms with Crippen molar-refractivity contribution in [3.8, 4) is 11.1 Å². The molecule has 0 spiro atoms. The van der Waals surface area contributed by atoms with Crippen LogP contribution >= 0.6 is 0 Å². The average molecular weight is 201 g/mol. The van der Waals surface area contributed by atoms with Crippen molar-refractivity contribution in [3.05, 3.63) is 35.0 Å². The first-order chi connectivity index (χ1) is 7.11. The van der Waals surface area contributed by atoms with Crippen LogP contribution in [0.25, 0.3) is 11.1 Å². The second kappa shape index (κ2) is 3.42. The van der Waals surface area contributed by atoms with Gasteiger partial charge in [-0.2, -0.15) is 5.10 Å². The van der Waals surface area contributed by atoms with Crippen LogP contribution in [0.4, 0.5) is 5.82 Å². The van der Waals surface area contributed by atoms with Crippen molar-refractivity contribution < 1.29 is 0 Å². The standard InChI is InChI=1S/C12H15N3/c1-7-5-4-6-8(2)10(7)11-9(3)14-15-12(11)13/h4-6H,1-3H3,(H3,13,14,15). The van der Waals surface area contributed by atoms with Crippen LogP contribution in [0.15, 0.2) is 18.2 Å². The van der Waals surface area contributed by atoms with E-state index in [-0.39, 0.29) is 0 Å². The van der Waals surface area contributed by atoms with Crippen LogP contribution in [0.2, 0.25) is 0 Å². The first kappa shape index (κ1) is 9.77. The Kier molecular flexibility index (Phi) is 2.23. The molecule has 1 aromatic carbocycles. The highest BCUT2D eigenvalue weighted by molar-refractivity contribution is 5.80. The summed E-state index contributed by atoms with van der Waals surface area (Å²) in [6.45, 7) is 6.17. The van der Waals surface area contributed by atoms with Crippen molar-refractivity contribution in [1.29, 1.82) is 0 Å². The van der Waals surface area contributed by atoms with Gasteiger partial charge in [-0.1, -0.05) is 18.2 Å². The van der Waals surface area contributed by atoms with Crippen molar-refractivity contribution >= 4 is 5.82 Å². The summed E-state index contributed by atoms with van der Waals surface area (Å²) in [4.78, 5) is 0. The van der Waals surface area contributed by atoms with Gasteiger partial charge in [0.05, 0.1) is 0 Å². The number of anilines is 1. The predicted molar refractivity (Wildman–Crippen MR) is 62.6 cm³/mol. The lowest BCUT2D eigenvalue weighted by Gasteiger charge is -2.09. The van der Waals surface area contributed by atoms with Crippen LogP contribution < -0.4 is 5.73 Å². The molecule has 0 unspecified atom stereocenters. The van der Waals surface area contributed by atoms with E-state index >= 15 is 0 Å². The van der Waals surface area contributed by atoms with E-state index in [0.717, 1.165) is 11.3 Å². The molecule has 0 radical (unpaired) electrons. The first-order valence-electron chi connectivity index (χ1n) is 4.98. The van der Waals surface area contributed by atoms with Gasteiger partial charge in [0.1, 0.15) is 0 Å². The van der Waals surface area contributed by atoms with Gasteiger partial charge < -0.3 is 5.73 Å². The highest BCUT2D eigenvalue weighted by Crippen LogP contribution is 2.32. The minimum atomic E-state index is 0.574. The van der Waals surface area contributed by atoms with Gasteiger partial charge in [0.25, 0.3) is 0 Å². The Morgan fingerprint density at radius 2 is 1.67 bits per heavy atom. The Hall–Kier alpha value is -1.77. The summed E-state index contributed by atoms with van der Waals surface area (Å²) < 4.78 is 0. The minimum absolute atomic E-state index is 0.574. The topological polar surface area (TPSA) is 54.7 Å². The third-order valence-electron chi connectivity index (χ3n) is 2.71. The number of hydrogen-bond acceptors (Lipinski definition) is 2. The van der Waals surface area contributed by atoms with Crippen LogP contribution in [0.1, 0.15) is 16.8 Å². The lowest BCUT2D eigenvalue weighted by Crippen LogP contribution is -1.93. The summed E-state index contributed by atoms with van der Waals surface area (Å²) in [7, 11) is 0. The van der Waals surface area contributed by atoms with E-state index < -0.39 is 0 Å². The smallest absolute Gasteiger partial charge is 0.153 e. The molecule has 0 amide bonds. The molecule has 0 aliphatic carbocycles. The molecule has 78 valence electrons. The van der Waals surface area contributed by atoms with Crippen LogP contribution in [0, 0.1) is 20.8 Å². The Balaban J connectivity index is 2.74. The third-order valence-corrected chi connectivity index (χ3v) is 2.71. The number of nitrogens with one attached hydrogen (secondary N) is 1. The number of aryl methyl sites for hydroxylation is 3. The number of rotatable bonds is 1. The summed E-state index contributed by atoms with van der Waals surface area (Å²) in [5.74, 6) is 0.574. The van der Waals surface area contributed by atoms with Gasteiger partial charge in [-0.05, 0) is 37.5 Å². The summed E-state index contributed by atoms with van der Waals surface area (Å²) in [6.07, 6.45) is 0. The van der Waals surface area contributed by atoms with Gasteiger partial charge in [-0.25, -0.2) is 0 Å². The van der Waals surface area contributed by atoms with Crippen molar-refractivity contribution in [2.45, 2.75) is 20.8 Å². The fourth-order valence-corrected chi connectivity index (χ4v) is 1.97. The van der Waals surface area contributed by atoms with E-state index in [1.54, 1.807) is 0 Å². The van der Waals surface area contributed by atoms with E-state index in [4.69, 9.17) is 5.73 Å². The van der Waals surface area contributed by atoms with Crippen LogP contribution in [0.5, 0.6) is 0 Å². The summed E-state index contributed by atoms with van der Waals surface area (Å²) >= 11 is 0. The third kappa shape index (κ3) is 1.50. The van der Waals surface area contributed by atoms with E-state index in [9.17, 15) is 0 Å². The van der Waals surface area contributed by atoms with E-state index in [0.29, 0.717) is 5.82 Å². The number of nitrogen functional groups attached to an aromatic ring is 1. The average Bonchev–Trinajstić information content (AvgIpc) is 2.49. The van der Waals surface area contributed by atoms with Gasteiger partial charge in [0.2, 0.25) is 0 Å². The molecule has 0 aliphatic rings. The highest BCUT2D eigenvalue weighted by atomic mass is 15.2. The second-order valence-corrected chi connectivity index (χ2v) is 3.88. The molecule has 0 aliphatic heterocycles. The van der Waals surface area contributed by atoms with Gasteiger partial charge >= 0.3 is 0 Å². The number of aromatic amines is 1. The Morgan fingerprint density at radius 1 is 1.07 bits per heavy atom.